The largest absolute Gasteiger partial charge is 0.368 e. The highest BCUT2D eigenvalue weighted by atomic mass is 19.1. The summed E-state index contributed by atoms with van der Waals surface area (Å²) in [6.45, 7) is 2.61. The molecule has 1 aromatic rings. The number of nitrogens with one attached hydrogen (secondary N) is 1. The fourth-order valence-corrected chi connectivity index (χ4v) is 2.30. The lowest BCUT2D eigenvalue weighted by molar-refractivity contribution is -0.130. The van der Waals surface area contributed by atoms with E-state index >= 15 is 0 Å². The molecule has 0 spiro atoms. The van der Waals surface area contributed by atoms with Gasteiger partial charge in [-0.25, -0.2) is 4.39 Å². The second-order valence-corrected chi connectivity index (χ2v) is 4.94. The average Bonchev–Trinajstić information content (AvgIpc) is 2.97. The summed E-state index contributed by atoms with van der Waals surface area (Å²) in [4.78, 5) is 24.9. The van der Waals surface area contributed by atoms with Crippen molar-refractivity contribution in [1.82, 2.24) is 5.32 Å². The Morgan fingerprint density at radius 3 is 2.90 bits per heavy atom. The minimum atomic E-state index is -0.401. The van der Waals surface area contributed by atoms with Gasteiger partial charge in [0.2, 0.25) is 11.8 Å². The van der Waals surface area contributed by atoms with Gasteiger partial charge in [0.15, 0.2) is 0 Å². The number of rotatable bonds is 5. The van der Waals surface area contributed by atoms with Crippen molar-refractivity contribution in [2.24, 2.45) is 0 Å². The minimum Gasteiger partial charge on any atom is -0.368 e. The van der Waals surface area contributed by atoms with Gasteiger partial charge in [-0.3, -0.25) is 9.59 Å². The van der Waals surface area contributed by atoms with Crippen molar-refractivity contribution < 1.29 is 18.7 Å². The van der Waals surface area contributed by atoms with Gasteiger partial charge in [-0.15, -0.1) is 0 Å². The lowest BCUT2D eigenvalue weighted by Gasteiger charge is -2.22. The SMILES string of the molecule is CC(=O)N(CCNC(=O)C1CCCO1)c1cccc(F)c1. The van der Waals surface area contributed by atoms with E-state index in [9.17, 15) is 14.0 Å². The average molecular weight is 294 g/mol. The predicted octanol–water partition coefficient (Wildman–Crippen LogP) is 1.47. The maximum Gasteiger partial charge on any atom is 0.249 e. The summed E-state index contributed by atoms with van der Waals surface area (Å²) in [6, 6.07) is 5.82. The van der Waals surface area contributed by atoms with Gasteiger partial charge >= 0.3 is 0 Å². The molecule has 114 valence electrons. The molecule has 1 fully saturated rings. The van der Waals surface area contributed by atoms with Crippen LogP contribution in [0.1, 0.15) is 19.8 Å². The van der Waals surface area contributed by atoms with Crippen LogP contribution in [0.2, 0.25) is 0 Å². The highest BCUT2D eigenvalue weighted by Gasteiger charge is 2.23. The van der Waals surface area contributed by atoms with Gasteiger partial charge in [-0.1, -0.05) is 6.07 Å². The third-order valence-electron chi connectivity index (χ3n) is 3.36. The van der Waals surface area contributed by atoms with Gasteiger partial charge in [-0.05, 0) is 31.0 Å². The van der Waals surface area contributed by atoms with Gasteiger partial charge in [0.05, 0.1) is 0 Å². The summed E-state index contributed by atoms with van der Waals surface area (Å²) in [6.07, 6.45) is 1.23. The first kappa shape index (κ1) is 15.4. The Labute approximate surface area is 123 Å². The summed E-state index contributed by atoms with van der Waals surface area (Å²) in [5, 5.41) is 2.74. The van der Waals surface area contributed by atoms with Gasteiger partial charge in [0.25, 0.3) is 0 Å². The van der Waals surface area contributed by atoms with E-state index < -0.39 is 5.82 Å². The molecule has 1 aliphatic rings. The van der Waals surface area contributed by atoms with Crippen LogP contribution in [-0.2, 0) is 14.3 Å². The molecule has 2 amide bonds. The molecule has 1 unspecified atom stereocenters. The first-order valence-electron chi connectivity index (χ1n) is 7.01. The summed E-state index contributed by atoms with van der Waals surface area (Å²) < 4.78 is 18.5. The number of hydrogen-bond acceptors (Lipinski definition) is 3. The molecule has 0 bridgehead atoms. The van der Waals surface area contributed by atoms with Gasteiger partial charge in [0.1, 0.15) is 11.9 Å². The number of benzene rings is 1. The zero-order chi connectivity index (χ0) is 15.2. The smallest absolute Gasteiger partial charge is 0.249 e. The Bertz CT molecular complexity index is 515. The summed E-state index contributed by atoms with van der Waals surface area (Å²) >= 11 is 0. The zero-order valence-electron chi connectivity index (χ0n) is 12.0. The molecule has 2 rings (SSSR count). The normalized spacial score (nSPS) is 17.5. The van der Waals surface area contributed by atoms with Crippen molar-refractivity contribution >= 4 is 17.5 Å². The molecule has 0 saturated carbocycles. The Morgan fingerprint density at radius 1 is 1.48 bits per heavy atom. The van der Waals surface area contributed by atoms with Crippen LogP contribution in [0.25, 0.3) is 0 Å². The number of carbonyl (C=O) groups excluding carboxylic acids is 2. The van der Waals surface area contributed by atoms with Crippen LogP contribution in [0.5, 0.6) is 0 Å². The van der Waals surface area contributed by atoms with E-state index in [1.54, 1.807) is 12.1 Å². The second-order valence-electron chi connectivity index (χ2n) is 4.94. The molecule has 1 aliphatic heterocycles. The molecular weight excluding hydrogens is 275 g/mol. The molecule has 1 N–H and O–H groups in total. The van der Waals surface area contributed by atoms with Crippen LogP contribution >= 0.6 is 0 Å². The molecule has 0 radical (unpaired) electrons. The maximum absolute atomic E-state index is 13.2. The highest BCUT2D eigenvalue weighted by molar-refractivity contribution is 5.91. The Balaban J connectivity index is 1.88. The summed E-state index contributed by atoms with van der Waals surface area (Å²) in [5.74, 6) is -0.760. The quantitative estimate of drug-likeness (QED) is 0.894. The lowest BCUT2D eigenvalue weighted by Crippen LogP contribution is -2.41. The van der Waals surface area contributed by atoms with E-state index in [2.05, 4.69) is 5.32 Å². The summed E-state index contributed by atoms with van der Waals surface area (Å²) in [7, 11) is 0. The Kier molecular flexibility index (Phi) is 5.27. The van der Waals surface area contributed by atoms with Crippen LogP contribution in [0.4, 0.5) is 10.1 Å². The number of halogens is 1. The van der Waals surface area contributed by atoms with Crippen LogP contribution in [-0.4, -0.2) is 37.6 Å². The number of carbonyl (C=O) groups is 2. The van der Waals surface area contributed by atoms with E-state index in [0.717, 1.165) is 12.8 Å². The molecule has 1 atom stereocenters. The maximum atomic E-state index is 13.2. The van der Waals surface area contributed by atoms with Crippen molar-refractivity contribution in [3.8, 4) is 0 Å². The van der Waals surface area contributed by atoms with Crippen molar-refractivity contribution in [3.63, 3.8) is 0 Å². The van der Waals surface area contributed by atoms with Crippen molar-refractivity contribution in [2.75, 3.05) is 24.6 Å². The minimum absolute atomic E-state index is 0.157. The third-order valence-corrected chi connectivity index (χ3v) is 3.36. The Morgan fingerprint density at radius 2 is 2.29 bits per heavy atom. The molecule has 21 heavy (non-hydrogen) atoms. The van der Waals surface area contributed by atoms with E-state index in [4.69, 9.17) is 4.74 Å². The van der Waals surface area contributed by atoms with Crippen LogP contribution in [0.15, 0.2) is 24.3 Å². The molecule has 6 heteroatoms. The number of ether oxygens (including phenoxy) is 1. The predicted molar refractivity (Wildman–Crippen MR) is 76.4 cm³/mol. The number of anilines is 1. The van der Waals surface area contributed by atoms with E-state index in [0.29, 0.717) is 18.8 Å². The van der Waals surface area contributed by atoms with Crippen LogP contribution in [0.3, 0.4) is 0 Å². The number of amides is 2. The first-order valence-corrected chi connectivity index (χ1v) is 7.01. The third kappa shape index (κ3) is 4.26. The van der Waals surface area contributed by atoms with Gasteiger partial charge < -0.3 is 15.0 Å². The second kappa shape index (κ2) is 7.17. The fourth-order valence-electron chi connectivity index (χ4n) is 2.30. The molecular formula is C15H19FN2O3. The summed E-state index contributed by atoms with van der Waals surface area (Å²) in [5.41, 5.74) is 0.480. The monoisotopic (exact) mass is 294 g/mol. The molecule has 0 aromatic heterocycles. The molecule has 0 aliphatic carbocycles. The highest BCUT2D eigenvalue weighted by Crippen LogP contribution is 2.15. The zero-order valence-corrected chi connectivity index (χ0v) is 12.0. The lowest BCUT2D eigenvalue weighted by atomic mass is 10.2. The molecule has 1 aromatic carbocycles. The standard InChI is InChI=1S/C15H19FN2O3/c1-11(19)18(13-5-2-4-12(16)10-13)8-7-17-15(20)14-6-3-9-21-14/h2,4-5,10,14H,3,6-9H2,1H3,(H,17,20). The first-order chi connectivity index (χ1) is 10.1. The van der Waals surface area contributed by atoms with Crippen molar-refractivity contribution in [3.05, 3.63) is 30.1 Å². The topological polar surface area (TPSA) is 58.6 Å². The number of hydrogen-bond donors (Lipinski definition) is 1. The molecule has 1 saturated heterocycles. The fraction of sp³-hybridized carbons (Fsp3) is 0.467. The van der Waals surface area contributed by atoms with Crippen LogP contribution in [0, 0.1) is 5.82 Å². The van der Waals surface area contributed by atoms with Crippen LogP contribution < -0.4 is 10.2 Å². The molecule has 5 nitrogen and oxygen atoms in total. The van der Waals surface area contributed by atoms with Gasteiger partial charge in [-0.2, -0.15) is 0 Å². The van der Waals surface area contributed by atoms with E-state index in [-0.39, 0.29) is 24.5 Å². The van der Waals surface area contributed by atoms with E-state index in [1.165, 1.54) is 24.0 Å². The number of nitrogens with zero attached hydrogens (tertiary/aromatic N) is 1. The van der Waals surface area contributed by atoms with Crippen molar-refractivity contribution in [2.45, 2.75) is 25.9 Å². The molecule has 1 heterocycles. The van der Waals surface area contributed by atoms with Crippen molar-refractivity contribution in [1.29, 1.82) is 0 Å². The van der Waals surface area contributed by atoms with Gasteiger partial charge in [0, 0.05) is 32.3 Å². The Hall–Kier alpha value is -1.95. The van der Waals surface area contributed by atoms with E-state index in [1.807, 2.05) is 0 Å².